The predicted octanol–water partition coefficient (Wildman–Crippen LogP) is 2.40. The van der Waals surface area contributed by atoms with Crippen LogP contribution < -0.4 is 11.1 Å². The normalized spacial score (nSPS) is 12.2. The zero-order valence-electron chi connectivity index (χ0n) is 9.29. The molecule has 0 saturated carbocycles. The van der Waals surface area contributed by atoms with Gasteiger partial charge < -0.3 is 11.1 Å². The molecule has 1 unspecified atom stereocenters. The number of anilines is 1. The van der Waals surface area contributed by atoms with Crippen LogP contribution in [-0.2, 0) is 0 Å². The maximum atomic E-state index is 11.8. The molecular weight excluding hydrogens is 244 g/mol. The van der Waals surface area contributed by atoms with E-state index in [1.807, 2.05) is 13.2 Å². The molecule has 1 atom stereocenters. The van der Waals surface area contributed by atoms with Crippen LogP contribution in [0.3, 0.4) is 0 Å². The maximum absolute atomic E-state index is 11.8. The van der Waals surface area contributed by atoms with E-state index in [2.05, 4.69) is 5.32 Å². The summed E-state index contributed by atoms with van der Waals surface area (Å²) in [6, 6.07) is 4.88. The van der Waals surface area contributed by atoms with Gasteiger partial charge in [-0.15, -0.1) is 0 Å². The maximum Gasteiger partial charge on any atom is 0.252 e. The second-order valence-corrected chi connectivity index (χ2v) is 5.18. The van der Waals surface area contributed by atoms with Crippen molar-refractivity contribution in [3.8, 4) is 0 Å². The fourth-order valence-electron chi connectivity index (χ4n) is 1.13. The number of nitrogens with one attached hydrogen (secondary N) is 1. The Labute approximate surface area is 105 Å². The number of hydrogen-bond acceptors (Lipinski definition) is 3. The third kappa shape index (κ3) is 3.61. The van der Waals surface area contributed by atoms with E-state index in [-0.39, 0.29) is 5.91 Å². The topological polar surface area (TPSA) is 55.1 Å². The van der Waals surface area contributed by atoms with Gasteiger partial charge in [0.25, 0.3) is 5.91 Å². The van der Waals surface area contributed by atoms with Gasteiger partial charge in [0, 0.05) is 17.5 Å². The second kappa shape index (κ2) is 6.01. The standard InChI is InChI=1S/C11H15ClN2OS/c1-7(16-2)6-14-11(15)9-5-8(13)3-4-10(9)12/h3-5,7H,6,13H2,1-2H3,(H,14,15). The molecule has 0 fully saturated rings. The molecule has 0 radical (unpaired) electrons. The molecule has 5 heteroatoms. The quantitative estimate of drug-likeness (QED) is 0.816. The smallest absolute Gasteiger partial charge is 0.252 e. The van der Waals surface area contributed by atoms with Crippen LogP contribution in [0, 0.1) is 0 Å². The largest absolute Gasteiger partial charge is 0.399 e. The third-order valence-corrected chi connectivity index (χ3v) is 3.49. The summed E-state index contributed by atoms with van der Waals surface area (Å²) < 4.78 is 0. The minimum atomic E-state index is -0.182. The number of hydrogen-bond donors (Lipinski definition) is 2. The minimum Gasteiger partial charge on any atom is -0.399 e. The summed E-state index contributed by atoms with van der Waals surface area (Å²) in [4.78, 5) is 11.8. The van der Waals surface area contributed by atoms with Crippen molar-refractivity contribution >= 4 is 35.0 Å². The Morgan fingerprint density at radius 2 is 2.31 bits per heavy atom. The Balaban J connectivity index is 2.69. The molecule has 0 aliphatic heterocycles. The number of amides is 1. The summed E-state index contributed by atoms with van der Waals surface area (Å²) in [5.41, 5.74) is 6.57. The molecule has 0 aliphatic carbocycles. The molecule has 1 rings (SSSR count). The van der Waals surface area contributed by atoms with E-state index >= 15 is 0 Å². The summed E-state index contributed by atoms with van der Waals surface area (Å²) >= 11 is 7.62. The van der Waals surface area contributed by atoms with Crippen molar-refractivity contribution in [2.24, 2.45) is 0 Å². The fourth-order valence-corrected chi connectivity index (χ4v) is 1.59. The Morgan fingerprint density at radius 1 is 1.62 bits per heavy atom. The molecule has 1 amide bonds. The summed E-state index contributed by atoms with van der Waals surface area (Å²) in [6.45, 7) is 2.66. The average molecular weight is 259 g/mol. The summed E-state index contributed by atoms with van der Waals surface area (Å²) in [6.07, 6.45) is 2.00. The van der Waals surface area contributed by atoms with Gasteiger partial charge in [-0.2, -0.15) is 11.8 Å². The lowest BCUT2D eigenvalue weighted by Crippen LogP contribution is -2.29. The molecule has 0 heterocycles. The van der Waals surface area contributed by atoms with Crippen molar-refractivity contribution < 1.29 is 4.79 Å². The van der Waals surface area contributed by atoms with Crippen molar-refractivity contribution in [2.45, 2.75) is 12.2 Å². The molecule has 3 nitrogen and oxygen atoms in total. The highest BCUT2D eigenvalue weighted by molar-refractivity contribution is 7.99. The van der Waals surface area contributed by atoms with Crippen LogP contribution in [0.25, 0.3) is 0 Å². The van der Waals surface area contributed by atoms with Crippen LogP contribution >= 0.6 is 23.4 Å². The Morgan fingerprint density at radius 3 is 2.94 bits per heavy atom. The molecule has 0 saturated heterocycles. The zero-order valence-corrected chi connectivity index (χ0v) is 10.9. The van der Waals surface area contributed by atoms with E-state index in [0.717, 1.165) is 0 Å². The summed E-state index contributed by atoms with van der Waals surface area (Å²) in [7, 11) is 0. The van der Waals surface area contributed by atoms with E-state index in [1.54, 1.807) is 30.0 Å². The lowest BCUT2D eigenvalue weighted by atomic mass is 10.2. The molecular formula is C11H15ClN2OS. The average Bonchev–Trinajstić information content (AvgIpc) is 2.28. The van der Waals surface area contributed by atoms with Crippen LogP contribution in [0.4, 0.5) is 5.69 Å². The molecule has 0 aliphatic rings. The van der Waals surface area contributed by atoms with E-state index in [0.29, 0.717) is 28.1 Å². The van der Waals surface area contributed by atoms with Gasteiger partial charge in [0.2, 0.25) is 0 Å². The van der Waals surface area contributed by atoms with Crippen molar-refractivity contribution in [2.75, 3.05) is 18.5 Å². The number of thioether (sulfide) groups is 1. The van der Waals surface area contributed by atoms with Crippen LogP contribution in [0.2, 0.25) is 5.02 Å². The molecule has 0 aromatic heterocycles. The molecule has 3 N–H and O–H groups in total. The van der Waals surface area contributed by atoms with Gasteiger partial charge in [-0.05, 0) is 24.5 Å². The first-order valence-electron chi connectivity index (χ1n) is 4.90. The Bertz CT molecular complexity index is 384. The van der Waals surface area contributed by atoms with Crippen LogP contribution in [-0.4, -0.2) is 24.0 Å². The SMILES string of the molecule is CSC(C)CNC(=O)c1cc(N)ccc1Cl. The van der Waals surface area contributed by atoms with Gasteiger partial charge in [0.15, 0.2) is 0 Å². The van der Waals surface area contributed by atoms with E-state index < -0.39 is 0 Å². The van der Waals surface area contributed by atoms with Crippen molar-refractivity contribution in [1.29, 1.82) is 0 Å². The van der Waals surface area contributed by atoms with Gasteiger partial charge >= 0.3 is 0 Å². The number of rotatable bonds is 4. The van der Waals surface area contributed by atoms with Crippen LogP contribution in [0.1, 0.15) is 17.3 Å². The monoisotopic (exact) mass is 258 g/mol. The lowest BCUT2D eigenvalue weighted by Gasteiger charge is -2.11. The number of carbonyl (C=O) groups excluding carboxylic acids is 1. The van der Waals surface area contributed by atoms with Gasteiger partial charge in [-0.25, -0.2) is 0 Å². The first-order chi connectivity index (χ1) is 7.54. The number of nitrogens with two attached hydrogens (primary N) is 1. The molecule has 1 aromatic carbocycles. The van der Waals surface area contributed by atoms with E-state index in [9.17, 15) is 4.79 Å². The number of benzene rings is 1. The first-order valence-corrected chi connectivity index (χ1v) is 6.57. The molecule has 88 valence electrons. The van der Waals surface area contributed by atoms with Crippen molar-refractivity contribution in [3.63, 3.8) is 0 Å². The second-order valence-electron chi connectivity index (χ2n) is 3.50. The van der Waals surface area contributed by atoms with Gasteiger partial charge in [-0.1, -0.05) is 18.5 Å². The summed E-state index contributed by atoms with van der Waals surface area (Å²) in [5.74, 6) is -0.182. The Hall–Kier alpha value is -0.870. The fraction of sp³-hybridized carbons (Fsp3) is 0.364. The first kappa shape index (κ1) is 13.2. The van der Waals surface area contributed by atoms with E-state index in [4.69, 9.17) is 17.3 Å². The predicted molar refractivity (Wildman–Crippen MR) is 71.2 cm³/mol. The van der Waals surface area contributed by atoms with Gasteiger partial charge in [0.1, 0.15) is 0 Å². The summed E-state index contributed by atoms with van der Waals surface area (Å²) in [5, 5.41) is 3.62. The Kier molecular flexibility index (Phi) is 4.96. The molecule has 16 heavy (non-hydrogen) atoms. The van der Waals surface area contributed by atoms with Crippen LogP contribution in [0.5, 0.6) is 0 Å². The number of nitrogen functional groups attached to an aromatic ring is 1. The van der Waals surface area contributed by atoms with Crippen LogP contribution in [0.15, 0.2) is 18.2 Å². The highest BCUT2D eigenvalue weighted by atomic mass is 35.5. The zero-order chi connectivity index (χ0) is 12.1. The van der Waals surface area contributed by atoms with Gasteiger partial charge in [-0.3, -0.25) is 4.79 Å². The molecule has 0 spiro atoms. The number of carbonyl (C=O) groups is 1. The highest BCUT2D eigenvalue weighted by Crippen LogP contribution is 2.18. The van der Waals surface area contributed by atoms with E-state index in [1.165, 1.54) is 0 Å². The van der Waals surface area contributed by atoms with Gasteiger partial charge in [0.05, 0.1) is 10.6 Å². The number of halogens is 1. The highest BCUT2D eigenvalue weighted by Gasteiger charge is 2.11. The van der Waals surface area contributed by atoms with Crippen molar-refractivity contribution in [1.82, 2.24) is 5.32 Å². The third-order valence-electron chi connectivity index (χ3n) is 2.19. The lowest BCUT2D eigenvalue weighted by molar-refractivity contribution is 0.0954. The molecule has 0 bridgehead atoms. The van der Waals surface area contributed by atoms with Crippen molar-refractivity contribution in [3.05, 3.63) is 28.8 Å². The minimum absolute atomic E-state index is 0.182. The molecule has 1 aromatic rings.